The van der Waals surface area contributed by atoms with Crippen LogP contribution in [0.1, 0.15) is 10.5 Å². The predicted octanol–water partition coefficient (Wildman–Crippen LogP) is -0.558. The van der Waals surface area contributed by atoms with Crippen molar-refractivity contribution in [1.82, 2.24) is 15.2 Å². The zero-order valence-electron chi connectivity index (χ0n) is 11.2. The molecule has 21 heavy (non-hydrogen) atoms. The summed E-state index contributed by atoms with van der Waals surface area (Å²) in [6.45, 7) is 3.36. The zero-order valence-corrected chi connectivity index (χ0v) is 12.9. The number of fused-ring (bicyclic) bond motifs is 1. The molecule has 3 heterocycles. The van der Waals surface area contributed by atoms with Gasteiger partial charge in [0.25, 0.3) is 5.91 Å². The number of pyridine rings is 1. The predicted molar refractivity (Wildman–Crippen MR) is 78.6 cm³/mol. The second-order valence-corrected chi connectivity index (χ2v) is 6.87. The first kappa shape index (κ1) is 16.2. The Bertz CT molecular complexity index is 622. The molecule has 2 aliphatic heterocycles. The van der Waals surface area contributed by atoms with Gasteiger partial charge in [0.2, 0.25) is 10.0 Å². The van der Waals surface area contributed by atoms with E-state index in [4.69, 9.17) is 5.14 Å². The van der Waals surface area contributed by atoms with Crippen molar-refractivity contribution in [2.45, 2.75) is 4.90 Å². The first-order chi connectivity index (χ1) is 9.45. The van der Waals surface area contributed by atoms with E-state index in [9.17, 15) is 13.2 Å². The molecular weight excluding hydrogens is 316 g/mol. The number of nitrogens with two attached hydrogens (primary N) is 1. The standard InChI is InChI=1S/C12H16N4O3S.ClH/c13-20(18,19)10-1-2-11(15-5-10)12(17)16-6-8-3-14-4-9(8)7-16;/h1-2,5,8-9,14H,3-4,6-7H2,(H2,13,18,19);1H/t8-,9-;/m1./s1. The minimum Gasteiger partial charge on any atom is -0.337 e. The molecule has 0 radical (unpaired) electrons. The molecule has 1 aromatic rings. The van der Waals surface area contributed by atoms with Gasteiger partial charge in [-0.25, -0.2) is 18.5 Å². The lowest BCUT2D eigenvalue weighted by molar-refractivity contribution is 0.0775. The van der Waals surface area contributed by atoms with Crippen molar-refractivity contribution in [2.75, 3.05) is 26.2 Å². The molecule has 0 saturated carbocycles. The molecule has 1 amide bonds. The van der Waals surface area contributed by atoms with Crippen LogP contribution in [0.5, 0.6) is 0 Å². The first-order valence-corrected chi connectivity index (χ1v) is 7.98. The Balaban J connectivity index is 0.00000161. The number of carbonyl (C=O) groups is 1. The summed E-state index contributed by atoms with van der Waals surface area (Å²) in [5.74, 6) is 0.880. The fourth-order valence-corrected chi connectivity index (χ4v) is 3.32. The second-order valence-electron chi connectivity index (χ2n) is 5.31. The Morgan fingerprint density at radius 1 is 1.29 bits per heavy atom. The molecular formula is C12H17ClN4O3S. The smallest absolute Gasteiger partial charge is 0.272 e. The number of sulfonamides is 1. The highest BCUT2D eigenvalue weighted by molar-refractivity contribution is 7.89. The number of nitrogens with one attached hydrogen (secondary N) is 1. The van der Waals surface area contributed by atoms with Gasteiger partial charge in [0.1, 0.15) is 10.6 Å². The van der Waals surface area contributed by atoms with Crippen LogP contribution < -0.4 is 10.5 Å². The number of halogens is 1. The summed E-state index contributed by atoms with van der Waals surface area (Å²) in [6, 6.07) is 2.72. The summed E-state index contributed by atoms with van der Waals surface area (Å²) in [5.41, 5.74) is 0.255. The van der Waals surface area contributed by atoms with Crippen LogP contribution in [-0.4, -0.2) is 50.4 Å². The maximum atomic E-state index is 12.3. The van der Waals surface area contributed by atoms with Crippen LogP contribution in [0.4, 0.5) is 0 Å². The maximum absolute atomic E-state index is 12.3. The molecule has 7 nitrogen and oxygen atoms in total. The lowest BCUT2D eigenvalue weighted by atomic mass is 10.0. The normalized spacial score (nSPS) is 24.5. The van der Waals surface area contributed by atoms with Gasteiger partial charge in [-0.3, -0.25) is 4.79 Å². The van der Waals surface area contributed by atoms with Crippen LogP contribution >= 0.6 is 12.4 Å². The molecule has 3 rings (SSSR count). The fourth-order valence-electron chi connectivity index (χ4n) is 2.86. The van der Waals surface area contributed by atoms with Crippen molar-refractivity contribution in [3.8, 4) is 0 Å². The van der Waals surface area contributed by atoms with Crippen molar-refractivity contribution < 1.29 is 13.2 Å². The second kappa shape index (κ2) is 5.88. The maximum Gasteiger partial charge on any atom is 0.272 e. The van der Waals surface area contributed by atoms with Gasteiger partial charge in [0.05, 0.1) is 0 Å². The van der Waals surface area contributed by atoms with Gasteiger partial charge >= 0.3 is 0 Å². The highest BCUT2D eigenvalue weighted by atomic mass is 35.5. The van der Waals surface area contributed by atoms with Crippen LogP contribution in [0, 0.1) is 11.8 Å². The lowest BCUT2D eigenvalue weighted by Gasteiger charge is -2.16. The molecule has 2 fully saturated rings. The summed E-state index contributed by atoms with van der Waals surface area (Å²) < 4.78 is 22.3. The minimum atomic E-state index is -3.77. The van der Waals surface area contributed by atoms with E-state index in [1.807, 2.05) is 0 Å². The molecule has 0 unspecified atom stereocenters. The minimum absolute atomic E-state index is 0. The van der Waals surface area contributed by atoms with E-state index in [0.29, 0.717) is 11.8 Å². The highest BCUT2D eigenvalue weighted by Gasteiger charge is 2.38. The zero-order chi connectivity index (χ0) is 14.3. The van der Waals surface area contributed by atoms with E-state index in [1.54, 1.807) is 4.90 Å². The van der Waals surface area contributed by atoms with E-state index in [1.165, 1.54) is 12.1 Å². The topological polar surface area (TPSA) is 105 Å². The third-order valence-corrected chi connectivity index (χ3v) is 4.86. The number of hydrogen-bond donors (Lipinski definition) is 2. The molecule has 0 aromatic carbocycles. The SMILES string of the molecule is Cl.NS(=O)(=O)c1ccc(C(=O)N2C[C@H]3CNC[C@@H]3C2)nc1. The van der Waals surface area contributed by atoms with Gasteiger partial charge in [-0.2, -0.15) is 0 Å². The molecule has 1 aromatic heterocycles. The molecule has 0 bridgehead atoms. The van der Waals surface area contributed by atoms with Crippen LogP contribution in [0.3, 0.4) is 0 Å². The van der Waals surface area contributed by atoms with Crippen molar-refractivity contribution in [2.24, 2.45) is 17.0 Å². The van der Waals surface area contributed by atoms with Gasteiger partial charge in [-0.1, -0.05) is 0 Å². The van der Waals surface area contributed by atoms with Gasteiger partial charge in [-0.15, -0.1) is 12.4 Å². The summed E-state index contributed by atoms with van der Waals surface area (Å²) in [7, 11) is -3.77. The molecule has 2 saturated heterocycles. The number of carbonyl (C=O) groups excluding carboxylic acids is 1. The van der Waals surface area contributed by atoms with Gasteiger partial charge in [-0.05, 0) is 24.0 Å². The van der Waals surface area contributed by atoms with Gasteiger partial charge in [0, 0.05) is 32.4 Å². The number of primary sulfonamides is 1. The van der Waals surface area contributed by atoms with E-state index in [2.05, 4.69) is 10.3 Å². The molecule has 9 heteroatoms. The lowest BCUT2D eigenvalue weighted by Crippen LogP contribution is -2.32. The number of rotatable bonds is 2. The van der Waals surface area contributed by atoms with Gasteiger partial charge in [0.15, 0.2) is 0 Å². The van der Waals surface area contributed by atoms with Crippen LogP contribution in [0.2, 0.25) is 0 Å². The fraction of sp³-hybridized carbons (Fsp3) is 0.500. The van der Waals surface area contributed by atoms with Crippen LogP contribution in [-0.2, 0) is 10.0 Å². The van der Waals surface area contributed by atoms with E-state index in [0.717, 1.165) is 32.4 Å². The molecule has 3 N–H and O–H groups in total. The number of hydrogen-bond acceptors (Lipinski definition) is 5. The van der Waals surface area contributed by atoms with Crippen LogP contribution in [0.15, 0.2) is 23.2 Å². The summed E-state index contributed by atoms with van der Waals surface area (Å²) in [6.07, 6.45) is 1.13. The number of amides is 1. The summed E-state index contributed by atoms with van der Waals surface area (Å²) in [5, 5.41) is 8.31. The molecule has 0 spiro atoms. The van der Waals surface area contributed by atoms with Crippen molar-refractivity contribution in [3.05, 3.63) is 24.0 Å². The van der Waals surface area contributed by atoms with E-state index < -0.39 is 10.0 Å². The monoisotopic (exact) mass is 332 g/mol. The quantitative estimate of drug-likeness (QED) is 0.755. The average Bonchev–Trinajstić information content (AvgIpc) is 2.97. The molecule has 2 atom stereocenters. The summed E-state index contributed by atoms with van der Waals surface area (Å²) >= 11 is 0. The number of nitrogens with zero attached hydrogens (tertiary/aromatic N) is 2. The Morgan fingerprint density at radius 2 is 1.90 bits per heavy atom. The third-order valence-electron chi connectivity index (χ3n) is 3.96. The highest BCUT2D eigenvalue weighted by Crippen LogP contribution is 2.27. The largest absolute Gasteiger partial charge is 0.337 e. The summed E-state index contributed by atoms with van der Waals surface area (Å²) in [4.78, 5) is 17.9. The van der Waals surface area contributed by atoms with Crippen molar-refractivity contribution in [1.29, 1.82) is 0 Å². The Morgan fingerprint density at radius 3 is 2.38 bits per heavy atom. The van der Waals surface area contributed by atoms with Crippen molar-refractivity contribution in [3.63, 3.8) is 0 Å². The first-order valence-electron chi connectivity index (χ1n) is 6.44. The van der Waals surface area contributed by atoms with E-state index >= 15 is 0 Å². The molecule has 116 valence electrons. The average molecular weight is 333 g/mol. The number of likely N-dealkylation sites (tertiary alicyclic amines) is 1. The van der Waals surface area contributed by atoms with Gasteiger partial charge < -0.3 is 10.2 Å². The number of aromatic nitrogens is 1. The Labute approximate surface area is 129 Å². The van der Waals surface area contributed by atoms with Crippen molar-refractivity contribution >= 4 is 28.3 Å². The third kappa shape index (κ3) is 3.18. The Kier molecular flexibility index (Phi) is 4.52. The van der Waals surface area contributed by atoms with Crippen LogP contribution in [0.25, 0.3) is 0 Å². The Hall–Kier alpha value is -1.22. The molecule has 0 aliphatic carbocycles. The van der Waals surface area contributed by atoms with E-state index in [-0.39, 0.29) is 28.9 Å². The molecule has 2 aliphatic rings.